The second kappa shape index (κ2) is 7.70. The summed E-state index contributed by atoms with van der Waals surface area (Å²) in [7, 11) is 2.65. The smallest absolute Gasteiger partial charge is 0.340 e. The van der Waals surface area contributed by atoms with Crippen molar-refractivity contribution in [3.05, 3.63) is 71.9 Å². The normalized spacial score (nSPS) is 10.4. The van der Waals surface area contributed by atoms with Gasteiger partial charge in [0.2, 0.25) is 0 Å². The van der Waals surface area contributed by atoms with Gasteiger partial charge in [0, 0.05) is 11.3 Å². The largest absolute Gasteiger partial charge is 0.469 e. The predicted octanol–water partition coefficient (Wildman–Crippen LogP) is 3.85. The third-order valence-electron chi connectivity index (χ3n) is 4.14. The number of H-pyrrole nitrogens is 1. The number of methoxy groups -OCH3 is 2. The Kier molecular flexibility index (Phi) is 5.17. The van der Waals surface area contributed by atoms with Gasteiger partial charge < -0.3 is 14.5 Å². The fraction of sp³-hybridized carbons (Fsp3) is 0.143. The lowest BCUT2D eigenvalue weighted by Crippen LogP contribution is -2.11. The topological polar surface area (TPSA) is 68.4 Å². The molecule has 0 fully saturated rings. The number of aromatic amines is 1. The van der Waals surface area contributed by atoms with E-state index in [4.69, 9.17) is 9.47 Å². The number of rotatable bonds is 5. The summed E-state index contributed by atoms with van der Waals surface area (Å²) in [6, 6.07) is 19.2. The minimum atomic E-state index is -0.499. The molecule has 0 atom stereocenters. The molecule has 3 aromatic rings. The molecular weight excluding hydrogens is 330 g/mol. The number of hydrogen-bond donors (Lipinski definition) is 1. The highest BCUT2D eigenvalue weighted by Gasteiger charge is 2.26. The van der Waals surface area contributed by atoms with Crippen LogP contribution in [-0.4, -0.2) is 31.1 Å². The van der Waals surface area contributed by atoms with Gasteiger partial charge in [-0.3, -0.25) is 4.79 Å². The quantitative estimate of drug-likeness (QED) is 0.711. The third-order valence-corrected chi connectivity index (χ3v) is 4.14. The molecule has 0 saturated carbocycles. The maximum absolute atomic E-state index is 12.5. The number of carbonyl (C=O) groups excluding carboxylic acids is 2. The molecule has 0 amide bonds. The zero-order valence-electron chi connectivity index (χ0n) is 14.6. The van der Waals surface area contributed by atoms with Gasteiger partial charge in [-0.15, -0.1) is 0 Å². The molecule has 1 N–H and O–H groups in total. The SMILES string of the molecule is COC(=O)Cc1[nH]c(-c2ccccc2)c(-c2ccccc2)c1C(=O)OC. The molecule has 5 nitrogen and oxygen atoms in total. The van der Waals surface area contributed by atoms with Crippen molar-refractivity contribution in [2.24, 2.45) is 0 Å². The number of ether oxygens (including phenoxy) is 2. The van der Waals surface area contributed by atoms with E-state index in [-0.39, 0.29) is 6.42 Å². The van der Waals surface area contributed by atoms with Gasteiger partial charge >= 0.3 is 11.9 Å². The summed E-state index contributed by atoms with van der Waals surface area (Å²) < 4.78 is 9.76. The standard InChI is InChI=1S/C21H19NO4/c1-25-17(23)13-16-19(21(24)26-2)18(14-9-5-3-6-10-14)20(22-16)15-11-7-4-8-12-15/h3-12,22H,13H2,1-2H3. The monoisotopic (exact) mass is 349 g/mol. The van der Waals surface area contributed by atoms with E-state index in [0.717, 1.165) is 16.8 Å². The lowest BCUT2D eigenvalue weighted by Gasteiger charge is -2.08. The van der Waals surface area contributed by atoms with E-state index >= 15 is 0 Å². The van der Waals surface area contributed by atoms with Gasteiger partial charge in [-0.25, -0.2) is 4.79 Å². The summed E-state index contributed by atoms with van der Waals surface area (Å²) in [6.45, 7) is 0. The van der Waals surface area contributed by atoms with Crippen LogP contribution in [-0.2, 0) is 20.7 Å². The fourth-order valence-corrected chi connectivity index (χ4v) is 2.94. The highest BCUT2D eigenvalue weighted by atomic mass is 16.5. The molecule has 0 saturated heterocycles. The number of esters is 2. The molecule has 26 heavy (non-hydrogen) atoms. The van der Waals surface area contributed by atoms with Crippen molar-refractivity contribution < 1.29 is 19.1 Å². The molecule has 5 heteroatoms. The number of aromatic nitrogens is 1. The van der Waals surface area contributed by atoms with E-state index in [1.54, 1.807) is 0 Å². The lowest BCUT2D eigenvalue weighted by molar-refractivity contribution is -0.139. The molecule has 1 aromatic heterocycles. The van der Waals surface area contributed by atoms with Gasteiger partial charge in [0.1, 0.15) is 0 Å². The second-order valence-corrected chi connectivity index (χ2v) is 5.71. The molecule has 2 aromatic carbocycles. The molecule has 0 aliphatic rings. The van der Waals surface area contributed by atoms with Crippen LogP contribution in [0.25, 0.3) is 22.4 Å². The first-order chi connectivity index (χ1) is 12.7. The van der Waals surface area contributed by atoms with Crippen molar-refractivity contribution >= 4 is 11.9 Å². The summed E-state index contributed by atoms with van der Waals surface area (Å²) >= 11 is 0. The van der Waals surface area contributed by atoms with Crippen LogP contribution in [0.1, 0.15) is 16.1 Å². The summed E-state index contributed by atoms with van der Waals surface area (Å²) in [5.41, 5.74) is 4.06. The van der Waals surface area contributed by atoms with Gasteiger partial charge in [0.05, 0.1) is 31.9 Å². The Morgan fingerprint density at radius 3 is 1.96 bits per heavy atom. The summed E-state index contributed by atoms with van der Waals surface area (Å²) in [5.74, 6) is -0.934. The predicted molar refractivity (Wildman–Crippen MR) is 98.7 cm³/mol. The number of benzene rings is 2. The van der Waals surface area contributed by atoms with Gasteiger partial charge in [0.25, 0.3) is 0 Å². The average molecular weight is 349 g/mol. The first kappa shape index (κ1) is 17.5. The molecule has 0 aliphatic carbocycles. The highest BCUT2D eigenvalue weighted by Crippen LogP contribution is 2.37. The Labute approximate surface area is 151 Å². The van der Waals surface area contributed by atoms with Gasteiger partial charge in [-0.05, 0) is 11.1 Å². The van der Waals surface area contributed by atoms with Crippen LogP contribution < -0.4 is 0 Å². The Morgan fingerprint density at radius 2 is 1.42 bits per heavy atom. The van der Waals surface area contributed by atoms with Crippen molar-refractivity contribution in [1.82, 2.24) is 4.98 Å². The van der Waals surface area contributed by atoms with Crippen LogP contribution in [0.3, 0.4) is 0 Å². The summed E-state index contributed by atoms with van der Waals surface area (Å²) in [5, 5.41) is 0. The maximum Gasteiger partial charge on any atom is 0.340 e. The summed E-state index contributed by atoms with van der Waals surface area (Å²) in [4.78, 5) is 27.6. The van der Waals surface area contributed by atoms with Crippen LogP contribution in [0.4, 0.5) is 0 Å². The van der Waals surface area contributed by atoms with Crippen LogP contribution >= 0.6 is 0 Å². The van der Waals surface area contributed by atoms with E-state index in [1.807, 2.05) is 60.7 Å². The minimum Gasteiger partial charge on any atom is -0.469 e. The van der Waals surface area contributed by atoms with E-state index in [1.165, 1.54) is 14.2 Å². The van der Waals surface area contributed by atoms with E-state index in [2.05, 4.69) is 4.98 Å². The van der Waals surface area contributed by atoms with Crippen LogP contribution in [0.2, 0.25) is 0 Å². The highest BCUT2D eigenvalue weighted by molar-refractivity contribution is 6.04. The van der Waals surface area contributed by atoms with Crippen molar-refractivity contribution in [2.45, 2.75) is 6.42 Å². The molecular formula is C21H19NO4. The average Bonchev–Trinajstić information content (AvgIpc) is 3.07. The molecule has 1 heterocycles. The Hall–Kier alpha value is -3.34. The molecule has 0 spiro atoms. The first-order valence-corrected chi connectivity index (χ1v) is 8.16. The van der Waals surface area contributed by atoms with Crippen LogP contribution in [0.15, 0.2) is 60.7 Å². The first-order valence-electron chi connectivity index (χ1n) is 8.16. The number of nitrogens with one attached hydrogen (secondary N) is 1. The Morgan fingerprint density at radius 1 is 0.846 bits per heavy atom. The van der Waals surface area contributed by atoms with Crippen LogP contribution in [0, 0.1) is 0 Å². The zero-order chi connectivity index (χ0) is 18.5. The fourth-order valence-electron chi connectivity index (χ4n) is 2.94. The number of carbonyl (C=O) groups is 2. The van der Waals surface area contributed by atoms with Crippen molar-refractivity contribution in [3.63, 3.8) is 0 Å². The minimum absolute atomic E-state index is 0.0480. The van der Waals surface area contributed by atoms with E-state index in [0.29, 0.717) is 16.8 Å². The van der Waals surface area contributed by atoms with Crippen LogP contribution in [0.5, 0.6) is 0 Å². The zero-order valence-corrected chi connectivity index (χ0v) is 14.6. The van der Waals surface area contributed by atoms with Crippen molar-refractivity contribution in [2.75, 3.05) is 14.2 Å². The molecule has 3 rings (SSSR count). The van der Waals surface area contributed by atoms with Crippen molar-refractivity contribution in [3.8, 4) is 22.4 Å². The maximum atomic E-state index is 12.5. The molecule has 0 bridgehead atoms. The summed E-state index contributed by atoms with van der Waals surface area (Å²) in [6.07, 6.45) is -0.0480. The van der Waals surface area contributed by atoms with Crippen molar-refractivity contribution in [1.29, 1.82) is 0 Å². The Balaban J connectivity index is 2.29. The lowest BCUT2D eigenvalue weighted by atomic mass is 9.96. The van der Waals surface area contributed by atoms with Gasteiger partial charge in [-0.1, -0.05) is 60.7 Å². The second-order valence-electron chi connectivity index (χ2n) is 5.71. The number of hydrogen-bond acceptors (Lipinski definition) is 4. The van der Waals surface area contributed by atoms with Gasteiger partial charge in [0.15, 0.2) is 0 Å². The molecule has 0 aliphatic heterocycles. The van der Waals surface area contributed by atoms with E-state index < -0.39 is 11.9 Å². The van der Waals surface area contributed by atoms with Gasteiger partial charge in [-0.2, -0.15) is 0 Å². The van der Waals surface area contributed by atoms with E-state index in [9.17, 15) is 9.59 Å². The molecule has 0 radical (unpaired) electrons. The third kappa shape index (κ3) is 3.37. The molecule has 132 valence electrons. The Bertz CT molecular complexity index is 914. The molecule has 0 unspecified atom stereocenters.